The summed E-state index contributed by atoms with van der Waals surface area (Å²) in [5.41, 5.74) is 1.49. The number of rotatable bonds is 8. The molecule has 0 bridgehead atoms. The van der Waals surface area contributed by atoms with Crippen LogP contribution in [0.2, 0.25) is 0 Å². The van der Waals surface area contributed by atoms with E-state index in [0.717, 1.165) is 0 Å². The van der Waals surface area contributed by atoms with E-state index >= 15 is 0 Å². The summed E-state index contributed by atoms with van der Waals surface area (Å²) in [5, 5.41) is 39.7. The van der Waals surface area contributed by atoms with Crippen LogP contribution in [0, 0.1) is 17.8 Å². The van der Waals surface area contributed by atoms with E-state index in [4.69, 9.17) is 9.76 Å². The first-order valence-electron chi connectivity index (χ1n) is 11.3. The highest BCUT2D eigenvalue weighted by Gasteiger charge is 2.57. The topological polar surface area (TPSA) is 145 Å². The van der Waals surface area contributed by atoms with E-state index in [9.17, 15) is 29.6 Å². The Morgan fingerprint density at radius 2 is 1.88 bits per heavy atom. The smallest absolute Gasteiger partial charge is 0.487 e. The predicted molar refractivity (Wildman–Crippen MR) is 117 cm³/mol. The van der Waals surface area contributed by atoms with Crippen molar-refractivity contribution >= 4 is 24.9 Å². The van der Waals surface area contributed by atoms with Crippen molar-refractivity contribution in [1.29, 1.82) is 0 Å². The summed E-state index contributed by atoms with van der Waals surface area (Å²) in [6.45, 7) is -0.115. The fraction of sp³-hybridized carbons (Fsp3) is 0.522. The fourth-order valence-electron chi connectivity index (χ4n) is 5.53. The van der Waals surface area contributed by atoms with Gasteiger partial charge in [0.25, 0.3) is 0 Å². The van der Waals surface area contributed by atoms with Gasteiger partial charge in [0.15, 0.2) is 0 Å². The molecule has 2 aliphatic heterocycles. The highest BCUT2D eigenvalue weighted by molar-refractivity contribution is 6.53. The van der Waals surface area contributed by atoms with Crippen molar-refractivity contribution < 1.29 is 39.4 Å². The third kappa shape index (κ3) is 4.42. The molecule has 2 saturated heterocycles. The molecule has 33 heavy (non-hydrogen) atoms. The Bertz CT molecular complexity index is 979. The third-order valence-corrected chi connectivity index (χ3v) is 7.05. The second-order valence-electron chi connectivity index (χ2n) is 8.96. The standard InChI is InChI=1S/C23H28BNO8/c26-12-13-10-16-20(23(31)25(22(16)30)9-5-1-2-8-19(28)29)15-11-18(33-24(32)21(13)15)14-6-3-4-7-17(14)27/h3-4,6-7,15-16,18,20,26-27,32H,1-2,5,8-12H2,(H,28,29)/t15-,16-,18-,20+/m0/s1. The number of phenols is 1. The molecule has 0 unspecified atom stereocenters. The van der Waals surface area contributed by atoms with Gasteiger partial charge in [-0.15, -0.1) is 0 Å². The van der Waals surface area contributed by atoms with E-state index in [-0.39, 0.29) is 43.6 Å². The summed E-state index contributed by atoms with van der Waals surface area (Å²) in [6.07, 6.45) is 1.46. The summed E-state index contributed by atoms with van der Waals surface area (Å²) in [5.74, 6) is -3.19. The molecule has 4 N–H and O–H groups in total. The largest absolute Gasteiger partial charge is 0.508 e. The van der Waals surface area contributed by atoms with E-state index in [0.29, 0.717) is 42.3 Å². The molecule has 0 radical (unpaired) electrons. The van der Waals surface area contributed by atoms with Crippen LogP contribution in [0.1, 0.15) is 50.2 Å². The minimum Gasteiger partial charge on any atom is -0.508 e. The van der Waals surface area contributed by atoms with Gasteiger partial charge in [-0.25, -0.2) is 0 Å². The fourth-order valence-corrected chi connectivity index (χ4v) is 5.53. The molecule has 1 aromatic carbocycles. The molecule has 2 amide bonds. The van der Waals surface area contributed by atoms with Gasteiger partial charge in [0.2, 0.25) is 11.8 Å². The van der Waals surface area contributed by atoms with Crippen LogP contribution in [-0.4, -0.2) is 63.3 Å². The van der Waals surface area contributed by atoms with Crippen LogP contribution >= 0.6 is 0 Å². The van der Waals surface area contributed by atoms with Crippen molar-refractivity contribution in [2.75, 3.05) is 13.2 Å². The Hall–Kier alpha value is -2.69. The number of aliphatic hydroxyl groups is 1. The Morgan fingerprint density at radius 3 is 2.58 bits per heavy atom. The second kappa shape index (κ2) is 9.66. The summed E-state index contributed by atoms with van der Waals surface area (Å²) in [4.78, 5) is 38.4. The number of nitrogens with zero attached hydrogens (tertiary/aromatic N) is 1. The number of fused-ring (bicyclic) bond motifs is 3. The monoisotopic (exact) mass is 457 g/mol. The number of phenolic OH excluding ortho intramolecular Hbond substituents is 1. The number of carboxylic acids is 1. The number of aliphatic carboxylic acids is 1. The van der Waals surface area contributed by atoms with Gasteiger partial charge >= 0.3 is 13.1 Å². The number of likely N-dealkylation sites (tertiary alicyclic amines) is 1. The first-order valence-corrected chi connectivity index (χ1v) is 11.3. The lowest BCUT2D eigenvalue weighted by molar-refractivity contribution is -0.141. The number of allylic oxidation sites excluding steroid dienone is 1. The van der Waals surface area contributed by atoms with Crippen LogP contribution in [0.5, 0.6) is 5.75 Å². The summed E-state index contributed by atoms with van der Waals surface area (Å²) in [6, 6.07) is 6.64. The zero-order chi connectivity index (χ0) is 23.7. The molecule has 2 fully saturated rings. The molecule has 176 valence electrons. The Labute approximate surface area is 191 Å². The van der Waals surface area contributed by atoms with Crippen molar-refractivity contribution in [3.63, 3.8) is 0 Å². The number of aromatic hydroxyl groups is 1. The molecule has 0 saturated carbocycles. The van der Waals surface area contributed by atoms with E-state index in [1.165, 1.54) is 11.0 Å². The highest BCUT2D eigenvalue weighted by atomic mass is 16.5. The van der Waals surface area contributed by atoms with E-state index in [2.05, 4.69) is 0 Å². The molecule has 0 aromatic heterocycles. The normalized spacial score (nSPS) is 27.1. The van der Waals surface area contributed by atoms with Crippen molar-refractivity contribution in [2.45, 2.75) is 44.6 Å². The number of hydrogen-bond donors (Lipinski definition) is 4. The molecule has 1 aliphatic carbocycles. The van der Waals surface area contributed by atoms with Gasteiger partial charge in [0.1, 0.15) is 5.75 Å². The maximum Gasteiger partial charge on any atom is 0.487 e. The number of benzene rings is 1. The highest BCUT2D eigenvalue weighted by Crippen LogP contribution is 2.51. The van der Waals surface area contributed by atoms with E-state index < -0.39 is 36.9 Å². The van der Waals surface area contributed by atoms with E-state index in [1.54, 1.807) is 18.2 Å². The molecule has 0 spiro atoms. The lowest BCUT2D eigenvalue weighted by Gasteiger charge is -2.42. The first kappa shape index (κ1) is 23.5. The van der Waals surface area contributed by atoms with Crippen LogP contribution < -0.4 is 0 Å². The number of carbonyl (C=O) groups is 3. The van der Waals surface area contributed by atoms with Gasteiger partial charge in [-0.05, 0) is 48.7 Å². The molecule has 3 aliphatic rings. The number of unbranched alkanes of at least 4 members (excludes halogenated alkanes) is 2. The lowest BCUT2D eigenvalue weighted by Crippen LogP contribution is -2.45. The van der Waals surface area contributed by atoms with Gasteiger partial charge in [0, 0.05) is 18.5 Å². The second-order valence-corrected chi connectivity index (χ2v) is 8.96. The number of carboxylic acid groups (broad SMARTS) is 1. The van der Waals surface area contributed by atoms with Gasteiger partial charge in [-0.1, -0.05) is 24.6 Å². The number of hydrogen-bond acceptors (Lipinski definition) is 7. The molecule has 4 atom stereocenters. The molecule has 10 heteroatoms. The van der Waals surface area contributed by atoms with Crippen LogP contribution in [-0.2, 0) is 19.0 Å². The summed E-state index contributed by atoms with van der Waals surface area (Å²) >= 11 is 0. The number of para-hydroxylation sites is 1. The number of carbonyl (C=O) groups excluding carboxylic acids is 2. The number of imide groups is 1. The van der Waals surface area contributed by atoms with Crippen molar-refractivity contribution in [1.82, 2.24) is 4.90 Å². The van der Waals surface area contributed by atoms with Gasteiger partial charge < -0.3 is 25.0 Å². The zero-order valence-electron chi connectivity index (χ0n) is 18.2. The van der Waals surface area contributed by atoms with Gasteiger partial charge in [0.05, 0.1) is 24.5 Å². The van der Waals surface area contributed by atoms with Gasteiger partial charge in [-0.2, -0.15) is 0 Å². The molecule has 1 aromatic rings. The van der Waals surface area contributed by atoms with Crippen molar-refractivity contribution in [3.8, 4) is 5.75 Å². The van der Waals surface area contributed by atoms with Gasteiger partial charge in [-0.3, -0.25) is 19.3 Å². The van der Waals surface area contributed by atoms with Crippen LogP contribution in [0.3, 0.4) is 0 Å². The average molecular weight is 457 g/mol. The zero-order valence-corrected chi connectivity index (χ0v) is 18.2. The maximum atomic E-state index is 13.3. The predicted octanol–water partition coefficient (Wildman–Crippen LogP) is 1.43. The molecule has 9 nitrogen and oxygen atoms in total. The van der Waals surface area contributed by atoms with Crippen molar-refractivity contribution in [3.05, 3.63) is 40.9 Å². The molecule has 4 rings (SSSR count). The van der Waals surface area contributed by atoms with Crippen molar-refractivity contribution in [2.24, 2.45) is 17.8 Å². The molecular formula is C23H28BNO8. The maximum absolute atomic E-state index is 13.3. The number of amides is 2. The lowest BCUT2D eigenvalue weighted by atomic mass is 9.55. The number of aliphatic hydroxyl groups excluding tert-OH is 1. The van der Waals surface area contributed by atoms with E-state index in [1.807, 2.05) is 0 Å². The average Bonchev–Trinajstić information content (AvgIpc) is 3.02. The minimum absolute atomic E-state index is 0.0219. The third-order valence-electron chi connectivity index (χ3n) is 7.05. The Balaban J connectivity index is 1.56. The Morgan fingerprint density at radius 1 is 1.12 bits per heavy atom. The molecule has 2 heterocycles. The Kier molecular flexibility index (Phi) is 6.87. The van der Waals surface area contributed by atoms with Crippen LogP contribution in [0.15, 0.2) is 35.3 Å². The molecular weight excluding hydrogens is 429 g/mol. The summed E-state index contributed by atoms with van der Waals surface area (Å²) < 4.78 is 5.77. The SMILES string of the molecule is O=C(O)CCCCCN1C(=O)[C@H]2[C@H](CC(CO)=C3B(O)O[C@H](c4ccccc4O)C[C@H]32)C1=O. The summed E-state index contributed by atoms with van der Waals surface area (Å²) in [7, 11) is -1.34. The minimum atomic E-state index is -1.34. The van der Waals surface area contributed by atoms with Crippen LogP contribution in [0.4, 0.5) is 0 Å². The first-order chi connectivity index (χ1) is 15.8. The van der Waals surface area contributed by atoms with Crippen LogP contribution in [0.25, 0.3) is 0 Å². The quantitative estimate of drug-likeness (QED) is 0.261.